The quantitative estimate of drug-likeness (QED) is 0.0311. The van der Waals surface area contributed by atoms with Gasteiger partial charge in [0.1, 0.15) is 30.2 Å². The van der Waals surface area contributed by atoms with Gasteiger partial charge in [0.25, 0.3) is 0 Å². The Bertz CT molecular complexity index is 2760. The number of aryl methyl sites for hydroxylation is 1. The molecule has 1 saturated carbocycles. The van der Waals surface area contributed by atoms with Gasteiger partial charge < -0.3 is 60.6 Å². The van der Waals surface area contributed by atoms with Crippen LogP contribution in [-0.2, 0) is 70.4 Å². The molecule has 0 saturated heterocycles. The van der Waals surface area contributed by atoms with Gasteiger partial charge in [-0.15, -0.1) is 0 Å². The molecule has 2 aliphatic carbocycles. The highest BCUT2D eigenvalue weighted by Crippen LogP contribution is 2.40. The summed E-state index contributed by atoms with van der Waals surface area (Å²) in [5.74, 6) is -1.76. The Balaban J connectivity index is 0.862. The minimum absolute atomic E-state index is 0.00297. The normalized spacial score (nSPS) is 17.7. The molecule has 0 radical (unpaired) electrons. The third-order valence-corrected chi connectivity index (χ3v) is 14.2. The molecule has 2 aliphatic rings. The number of anilines is 2. The molecule has 6 rings (SSSR count). The van der Waals surface area contributed by atoms with E-state index in [1.165, 1.54) is 18.1 Å². The number of carbonyl (C=O) groups is 6. The molecule has 2 aromatic heterocycles. The number of hydrogen-bond donors (Lipinski definition) is 7. The number of fused-ring (bicyclic) bond motifs is 2. The molecule has 1 fully saturated rings. The summed E-state index contributed by atoms with van der Waals surface area (Å²) in [6.45, 7) is 6.73. The summed E-state index contributed by atoms with van der Waals surface area (Å²) in [4.78, 5) is 83.8. The van der Waals surface area contributed by atoms with Crippen molar-refractivity contribution in [1.29, 1.82) is 0 Å². The molecule has 0 bridgehead atoms. The Morgan fingerprint density at radius 1 is 0.848 bits per heavy atom. The number of urea groups is 1. The molecule has 0 spiro atoms. The molecule has 432 valence electrons. The number of carbonyl (C=O) groups excluding carboxylic acids is 6. The van der Waals surface area contributed by atoms with E-state index in [0.717, 1.165) is 29.7 Å². The van der Waals surface area contributed by atoms with E-state index < -0.39 is 46.2 Å². The van der Waals surface area contributed by atoms with Gasteiger partial charge in [0.05, 0.1) is 76.4 Å². The predicted octanol–water partition coefficient (Wildman–Crippen LogP) is 4.54. The van der Waals surface area contributed by atoms with Gasteiger partial charge in [0, 0.05) is 62.1 Å². The van der Waals surface area contributed by atoms with Crippen LogP contribution in [0.4, 0.5) is 21.1 Å². The number of nitrogens with zero attached hydrogens (tertiary/aromatic N) is 3. The van der Waals surface area contributed by atoms with Crippen molar-refractivity contribution in [2.24, 2.45) is 28.6 Å². The zero-order valence-corrected chi connectivity index (χ0v) is 46.0. The number of aromatic nitrogens is 3. The van der Waals surface area contributed by atoms with Crippen LogP contribution in [0.15, 0.2) is 67.1 Å². The number of ketones is 2. The smallest absolute Gasteiger partial charge is 0.407 e. The summed E-state index contributed by atoms with van der Waals surface area (Å²) < 4.78 is 58.8. The molecule has 6 atom stereocenters. The van der Waals surface area contributed by atoms with E-state index in [-0.39, 0.29) is 140 Å². The van der Waals surface area contributed by atoms with Crippen LogP contribution >= 0.6 is 0 Å². The van der Waals surface area contributed by atoms with Crippen LogP contribution in [-0.4, -0.2) is 137 Å². The highest BCUT2D eigenvalue weighted by molar-refractivity contribution is 7.84. The number of hydrogen-bond acceptors (Lipinski definition) is 17. The Labute approximate surface area is 460 Å². The van der Waals surface area contributed by atoms with E-state index in [4.69, 9.17) is 38.7 Å². The fraction of sp³-hybridized carbons (Fsp3) is 0.556. The van der Waals surface area contributed by atoms with Gasteiger partial charge in [0.2, 0.25) is 11.8 Å². The SMILES string of the molecule is CC(=O)CCOCCC(=O)N[C@@H](C(=O)C[C@H](CCCNC(N)=O)C(=O)Nc1ccc(COC(=O)NCCOCCOCCO[C@H]2C[C@H](n3ccc4c(N[C@H]5CCc6ccccc65)ncnc43)C[C@H]2COS(N)(=O)=O)cc1)C(C)C. The van der Waals surface area contributed by atoms with E-state index in [2.05, 4.69) is 65.4 Å². The van der Waals surface area contributed by atoms with Crippen LogP contribution in [0.3, 0.4) is 0 Å². The topological polar surface area (TPSA) is 335 Å². The van der Waals surface area contributed by atoms with Crippen molar-refractivity contribution in [3.63, 3.8) is 0 Å². The third kappa shape index (κ3) is 20.5. The molecule has 0 aliphatic heterocycles. The minimum Gasteiger partial charge on any atom is -0.445 e. The number of benzene rings is 2. The average molecular weight is 1120 g/mol. The fourth-order valence-electron chi connectivity index (χ4n) is 9.64. The Hall–Kier alpha value is -6.61. The van der Waals surface area contributed by atoms with Crippen LogP contribution in [0.1, 0.15) is 101 Å². The maximum atomic E-state index is 13.6. The fourth-order valence-corrected chi connectivity index (χ4v) is 10.0. The number of amides is 5. The number of Topliss-reactive ketones (excluding diaryl/α,β-unsaturated/α-hetero) is 2. The average Bonchev–Trinajstić information content (AvgIpc) is 4.23. The lowest BCUT2D eigenvalue weighted by molar-refractivity contribution is -0.131. The van der Waals surface area contributed by atoms with Crippen LogP contribution < -0.4 is 37.5 Å². The Kier molecular flexibility index (Phi) is 24.4. The molecule has 2 heterocycles. The number of nitrogens with one attached hydrogen (secondary N) is 5. The first kappa shape index (κ1) is 61.6. The van der Waals surface area contributed by atoms with Crippen molar-refractivity contribution < 1.29 is 65.1 Å². The molecular weight excluding hydrogens is 1040 g/mol. The maximum absolute atomic E-state index is 13.6. The van der Waals surface area contributed by atoms with E-state index in [9.17, 15) is 37.2 Å². The van der Waals surface area contributed by atoms with Crippen molar-refractivity contribution in [2.75, 3.05) is 76.6 Å². The van der Waals surface area contributed by atoms with Gasteiger partial charge in [0.15, 0.2) is 5.78 Å². The molecule has 4 aromatic rings. The van der Waals surface area contributed by atoms with Gasteiger partial charge in [-0.1, -0.05) is 50.2 Å². The Morgan fingerprint density at radius 3 is 2.33 bits per heavy atom. The Morgan fingerprint density at radius 2 is 1.58 bits per heavy atom. The van der Waals surface area contributed by atoms with Crippen LogP contribution in [0.2, 0.25) is 0 Å². The molecular formula is C54H76N10O14S. The summed E-state index contributed by atoms with van der Waals surface area (Å²) in [6.07, 6.45) is 6.33. The van der Waals surface area contributed by atoms with Crippen molar-refractivity contribution in [2.45, 2.75) is 109 Å². The maximum Gasteiger partial charge on any atom is 0.407 e. The summed E-state index contributed by atoms with van der Waals surface area (Å²) in [5, 5.41) is 20.4. The minimum atomic E-state index is -4.16. The first-order valence-corrected chi connectivity index (χ1v) is 28.2. The van der Waals surface area contributed by atoms with Crippen molar-refractivity contribution >= 4 is 68.3 Å². The lowest BCUT2D eigenvalue weighted by Crippen LogP contribution is -2.45. The number of alkyl carbamates (subject to hydrolysis) is 1. The molecule has 2 aromatic carbocycles. The predicted molar refractivity (Wildman–Crippen MR) is 292 cm³/mol. The summed E-state index contributed by atoms with van der Waals surface area (Å²) in [6, 6.07) is 15.6. The first-order valence-electron chi connectivity index (χ1n) is 26.8. The zero-order valence-electron chi connectivity index (χ0n) is 45.2. The van der Waals surface area contributed by atoms with Crippen LogP contribution in [0.5, 0.6) is 0 Å². The van der Waals surface area contributed by atoms with Crippen LogP contribution in [0, 0.1) is 17.8 Å². The van der Waals surface area contributed by atoms with Crippen LogP contribution in [0.25, 0.3) is 11.0 Å². The molecule has 5 amide bonds. The number of rotatable bonds is 35. The highest BCUT2D eigenvalue weighted by atomic mass is 32.2. The van der Waals surface area contributed by atoms with Gasteiger partial charge >= 0.3 is 22.4 Å². The van der Waals surface area contributed by atoms with E-state index >= 15 is 0 Å². The van der Waals surface area contributed by atoms with Gasteiger partial charge in [-0.05, 0) is 86.3 Å². The monoisotopic (exact) mass is 1120 g/mol. The lowest BCUT2D eigenvalue weighted by atomic mass is 9.89. The third-order valence-electron chi connectivity index (χ3n) is 13.7. The lowest BCUT2D eigenvalue weighted by Gasteiger charge is -2.24. The molecule has 24 nitrogen and oxygen atoms in total. The molecule has 9 N–H and O–H groups in total. The molecule has 79 heavy (non-hydrogen) atoms. The largest absolute Gasteiger partial charge is 0.445 e. The van der Waals surface area contributed by atoms with Crippen molar-refractivity contribution in [3.8, 4) is 0 Å². The number of ether oxygens (including phenoxy) is 5. The summed E-state index contributed by atoms with van der Waals surface area (Å²) in [7, 11) is -4.16. The number of primary amides is 1. The summed E-state index contributed by atoms with van der Waals surface area (Å²) in [5.41, 5.74) is 9.66. The van der Waals surface area contributed by atoms with E-state index in [1.807, 2.05) is 12.3 Å². The second kappa shape index (κ2) is 31.3. The second-order valence-corrected chi connectivity index (χ2v) is 21.2. The van der Waals surface area contributed by atoms with Gasteiger partial charge in [-0.25, -0.2) is 24.7 Å². The molecule has 0 unspecified atom stereocenters. The molecule has 25 heteroatoms. The first-order chi connectivity index (χ1) is 37.9. The van der Waals surface area contributed by atoms with Gasteiger partial charge in [-0.3, -0.25) is 23.4 Å². The summed E-state index contributed by atoms with van der Waals surface area (Å²) >= 11 is 0. The standard InChI is InChI=1S/C54H76N10O14S/c1-35(2)49(63-48(67)18-23-73-22-17-36(3)65)46(66)30-39(8-6-19-57-53(55)69)52(68)61-41-13-10-37(11-14-41)32-77-54(70)58-20-24-74-25-26-75-27-28-76-47-31-42(29-40(47)33-78-79(56,71)72)64-21-16-44-50(59-34-60-51(44)64)62-45-15-12-38-7-4-5-9-43(38)45/h4-5,7,9-11,13-14,16,21,34-35,39-40,42,45,47,49H,6,8,12,15,17-20,22-33H2,1-3H3,(H,58,70)(H,61,68)(H,63,67)(H3,55,57,69)(H2,56,71,72)(H,59,60,62)/t39-,40-,42+,45-,47-,49+/m0/s1. The van der Waals surface area contributed by atoms with E-state index in [1.54, 1.807) is 44.4 Å². The van der Waals surface area contributed by atoms with Crippen molar-refractivity contribution in [3.05, 3.63) is 83.8 Å². The van der Waals surface area contributed by atoms with Gasteiger partial charge in [-0.2, -0.15) is 8.42 Å². The zero-order chi connectivity index (χ0) is 56.7. The second-order valence-electron chi connectivity index (χ2n) is 20.0. The highest BCUT2D eigenvalue weighted by Gasteiger charge is 2.38. The number of nitrogens with two attached hydrogens (primary N) is 2. The van der Waals surface area contributed by atoms with E-state index in [0.29, 0.717) is 30.5 Å². The van der Waals surface area contributed by atoms with Crippen molar-refractivity contribution in [1.82, 2.24) is 30.5 Å².